The van der Waals surface area contributed by atoms with Crippen molar-refractivity contribution >= 4 is 22.4 Å². The Morgan fingerprint density at radius 1 is 1.03 bits per heavy atom. The van der Waals surface area contributed by atoms with Gasteiger partial charge in [0, 0.05) is 38.6 Å². The molecule has 2 aromatic carbocycles. The highest BCUT2D eigenvalue weighted by atomic mass is 16.7. The summed E-state index contributed by atoms with van der Waals surface area (Å²) in [7, 11) is 4.02. The molecule has 4 aromatic rings. The van der Waals surface area contributed by atoms with Crippen LogP contribution in [0.15, 0.2) is 78.0 Å². The number of benzene rings is 2. The molecule has 4 rings (SSSR count). The highest BCUT2D eigenvalue weighted by Crippen LogP contribution is 2.20. The Morgan fingerprint density at radius 2 is 1.80 bits per heavy atom. The van der Waals surface area contributed by atoms with Gasteiger partial charge in [-0.3, -0.25) is 4.79 Å². The molecule has 0 saturated heterocycles. The first-order valence-electron chi connectivity index (χ1n) is 9.65. The number of aromatic nitrogens is 3. The van der Waals surface area contributed by atoms with E-state index in [1.54, 1.807) is 6.20 Å². The van der Waals surface area contributed by atoms with Crippen LogP contribution in [0.4, 0.5) is 11.4 Å². The maximum atomic E-state index is 12.7. The summed E-state index contributed by atoms with van der Waals surface area (Å²) in [5.41, 5.74) is 4.02. The van der Waals surface area contributed by atoms with Crippen molar-refractivity contribution in [3.8, 4) is 0 Å². The normalized spacial score (nSPS) is 10.7. The van der Waals surface area contributed by atoms with Gasteiger partial charge in [-0.2, -0.15) is 0 Å². The molecule has 7 heteroatoms. The monoisotopic (exact) mass is 401 g/mol. The van der Waals surface area contributed by atoms with Crippen molar-refractivity contribution in [2.24, 2.45) is 0 Å². The highest BCUT2D eigenvalue weighted by Gasteiger charge is 2.11. The fraction of sp³-hybridized carbons (Fsp3) is 0.174. The number of fused-ring (bicyclic) bond motifs is 1. The highest BCUT2D eigenvalue weighted by molar-refractivity contribution is 5.87. The lowest BCUT2D eigenvalue weighted by molar-refractivity contribution is 0.0980. The predicted octanol–water partition coefficient (Wildman–Crippen LogP) is 3.10. The van der Waals surface area contributed by atoms with Crippen molar-refractivity contribution < 1.29 is 4.84 Å². The summed E-state index contributed by atoms with van der Waals surface area (Å²) in [6.45, 7) is 0.844. The van der Waals surface area contributed by atoms with Gasteiger partial charge in [0.2, 0.25) is 0 Å². The number of rotatable bonds is 7. The van der Waals surface area contributed by atoms with Gasteiger partial charge in [0.15, 0.2) is 5.65 Å². The lowest BCUT2D eigenvalue weighted by Crippen LogP contribution is -2.27. The van der Waals surface area contributed by atoms with E-state index in [1.807, 2.05) is 44.4 Å². The van der Waals surface area contributed by atoms with Gasteiger partial charge in [-0.05, 0) is 23.3 Å². The van der Waals surface area contributed by atoms with Gasteiger partial charge in [-0.15, -0.1) is 4.73 Å². The third-order valence-electron chi connectivity index (χ3n) is 4.78. The van der Waals surface area contributed by atoms with E-state index in [0.717, 1.165) is 22.2 Å². The molecule has 0 fully saturated rings. The number of anilines is 2. The number of nitrogens with one attached hydrogen (secondary N) is 1. The number of pyridine rings is 1. The van der Waals surface area contributed by atoms with Crippen LogP contribution < -0.4 is 20.6 Å². The first kappa shape index (κ1) is 19.4. The second kappa shape index (κ2) is 8.65. The van der Waals surface area contributed by atoms with E-state index in [4.69, 9.17) is 4.84 Å². The van der Waals surface area contributed by atoms with Crippen LogP contribution in [0.2, 0.25) is 0 Å². The zero-order valence-electron chi connectivity index (χ0n) is 16.9. The van der Waals surface area contributed by atoms with Crippen molar-refractivity contribution in [2.45, 2.75) is 13.2 Å². The smallest absolute Gasteiger partial charge is 0.287 e. The van der Waals surface area contributed by atoms with E-state index in [9.17, 15) is 4.79 Å². The minimum absolute atomic E-state index is 0.269. The molecule has 0 bridgehead atoms. The van der Waals surface area contributed by atoms with E-state index in [-0.39, 0.29) is 12.2 Å². The lowest BCUT2D eigenvalue weighted by Gasteiger charge is -2.15. The third kappa shape index (κ3) is 4.25. The van der Waals surface area contributed by atoms with E-state index < -0.39 is 0 Å². The second-order valence-corrected chi connectivity index (χ2v) is 7.12. The van der Waals surface area contributed by atoms with Gasteiger partial charge in [0.1, 0.15) is 12.9 Å². The molecule has 2 aromatic heterocycles. The van der Waals surface area contributed by atoms with E-state index in [1.165, 1.54) is 17.1 Å². The van der Waals surface area contributed by atoms with Crippen LogP contribution in [0, 0.1) is 0 Å². The molecule has 0 spiro atoms. The molecule has 30 heavy (non-hydrogen) atoms. The summed E-state index contributed by atoms with van der Waals surface area (Å²) in [5.74, 6) is 0. The van der Waals surface area contributed by atoms with Gasteiger partial charge >= 0.3 is 0 Å². The summed E-state index contributed by atoms with van der Waals surface area (Å²) in [6.07, 6.45) is 3.09. The van der Waals surface area contributed by atoms with Gasteiger partial charge in [0.05, 0.1) is 11.1 Å². The molecule has 1 N–H and O–H groups in total. The Balaban J connectivity index is 1.58. The molecule has 0 unspecified atom stereocenters. The molecule has 0 aliphatic rings. The number of hydrogen-bond donors (Lipinski definition) is 1. The quantitative estimate of drug-likeness (QED) is 0.513. The van der Waals surface area contributed by atoms with Crippen molar-refractivity contribution in [3.63, 3.8) is 0 Å². The molecular weight excluding hydrogens is 378 g/mol. The first-order chi connectivity index (χ1) is 14.6. The summed E-state index contributed by atoms with van der Waals surface area (Å²) < 4.78 is 1.22. The van der Waals surface area contributed by atoms with Crippen molar-refractivity contribution in [1.82, 2.24) is 14.7 Å². The Bertz CT molecular complexity index is 1190. The van der Waals surface area contributed by atoms with Gasteiger partial charge in [-0.25, -0.2) is 9.97 Å². The Morgan fingerprint density at radius 3 is 2.53 bits per heavy atom. The molecule has 0 aliphatic carbocycles. The zero-order chi connectivity index (χ0) is 20.9. The minimum Gasteiger partial charge on any atom is -0.404 e. The fourth-order valence-electron chi connectivity index (χ4n) is 3.13. The standard InChI is InChI=1S/C23H23N5O2/c1-27(2)19-10-8-17(9-11-19)13-25-21-12-22(29)28(23-20(21)14-24-16-26-23)30-15-18-6-4-3-5-7-18/h3-12,14,16,25H,13,15H2,1-2H3. The van der Waals surface area contributed by atoms with Crippen LogP contribution >= 0.6 is 0 Å². The Labute approximate surface area is 174 Å². The van der Waals surface area contributed by atoms with Crippen molar-refractivity contribution in [1.29, 1.82) is 0 Å². The summed E-state index contributed by atoms with van der Waals surface area (Å²) in [6, 6.07) is 19.5. The molecule has 0 radical (unpaired) electrons. The molecule has 0 amide bonds. The van der Waals surface area contributed by atoms with Crippen LogP contribution in [0.25, 0.3) is 11.0 Å². The topological polar surface area (TPSA) is 72.3 Å². The average Bonchev–Trinajstić information content (AvgIpc) is 2.78. The molecule has 0 atom stereocenters. The van der Waals surface area contributed by atoms with Crippen LogP contribution in [0.1, 0.15) is 11.1 Å². The average molecular weight is 401 g/mol. The SMILES string of the molecule is CN(C)c1ccc(CNc2cc(=O)n(OCc3ccccc3)c3ncncc23)cc1. The van der Waals surface area contributed by atoms with E-state index in [0.29, 0.717) is 17.9 Å². The molecule has 152 valence electrons. The van der Waals surface area contributed by atoms with Gasteiger partial charge in [0.25, 0.3) is 5.56 Å². The van der Waals surface area contributed by atoms with Gasteiger partial charge < -0.3 is 15.1 Å². The van der Waals surface area contributed by atoms with Crippen LogP contribution in [0.5, 0.6) is 0 Å². The zero-order valence-corrected chi connectivity index (χ0v) is 16.9. The molecule has 2 heterocycles. The minimum atomic E-state index is -0.289. The summed E-state index contributed by atoms with van der Waals surface area (Å²) >= 11 is 0. The predicted molar refractivity (Wildman–Crippen MR) is 119 cm³/mol. The fourth-order valence-corrected chi connectivity index (χ4v) is 3.13. The maximum Gasteiger partial charge on any atom is 0.287 e. The van der Waals surface area contributed by atoms with Crippen molar-refractivity contribution in [3.05, 3.63) is 94.7 Å². The molecule has 0 aliphatic heterocycles. The van der Waals surface area contributed by atoms with Crippen LogP contribution in [-0.2, 0) is 13.2 Å². The summed E-state index contributed by atoms with van der Waals surface area (Å²) in [4.78, 5) is 29.0. The van der Waals surface area contributed by atoms with E-state index >= 15 is 0 Å². The summed E-state index contributed by atoms with van der Waals surface area (Å²) in [5, 5.41) is 4.05. The Hall–Kier alpha value is -3.87. The number of hydrogen-bond acceptors (Lipinski definition) is 6. The molecule has 0 saturated carbocycles. The Kier molecular flexibility index (Phi) is 5.61. The van der Waals surface area contributed by atoms with Gasteiger partial charge in [-0.1, -0.05) is 42.5 Å². The largest absolute Gasteiger partial charge is 0.404 e. The third-order valence-corrected chi connectivity index (χ3v) is 4.78. The van der Waals surface area contributed by atoms with E-state index in [2.05, 4.69) is 44.5 Å². The lowest BCUT2D eigenvalue weighted by atomic mass is 10.2. The second-order valence-electron chi connectivity index (χ2n) is 7.12. The molecular formula is C23H23N5O2. The maximum absolute atomic E-state index is 12.7. The van der Waals surface area contributed by atoms with Crippen LogP contribution in [-0.4, -0.2) is 28.8 Å². The first-order valence-corrected chi connectivity index (χ1v) is 9.65. The van der Waals surface area contributed by atoms with Crippen molar-refractivity contribution in [2.75, 3.05) is 24.3 Å². The number of nitrogens with zero attached hydrogens (tertiary/aromatic N) is 4. The molecule has 7 nitrogen and oxygen atoms in total. The van der Waals surface area contributed by atoms with Crippen LogP contribution in [0.3, 0.4) is 0 Å².